The zero-order valence-electron chi connectivity index (χ0n) is 14.4. The molecule has 28 heavy (non-hydrogen) atoms. The topological polar surface area (TPSA) is 104 Å². The van der Waals surface area contributed by atoms with Crippen LogP contribution in [0.2, 0.25) is 0 Å². The van der Waals surface area contributed by atoms with E-state index in [1.807, 2.05) is 12.1 Å². The lowest BCUT2D eigenvalue weighted by atomic mass is 10.2. The van der Waals surface area contributed by atoms with E-state index in [1.54, 1.807) is 13.0 Å². The quantitative estimate of drug-likeness (QED) is 0.547. The van der Waals surface area contributed by atoms with Crippen LogP contribution in [0.1, 0.15) is 21.2 Å². The number of nitrogens with two attached hydrogens (primary N) is 1. The first kappa shape index (κ1) is 18.0. The van der Waals surface area contributed by atoms with Gasteiger partial charge in [-0.3, -0.25) is 4.79 Å². The number of nitrogens with zero attached hydrogens (tertiary/aromatic N) is 3. The first-order valence-corrected chi connectivity index (χ1v) is 8.85. The van der Waals surface area contributed by atoms with Gasteiger partial charge in [-0.2, -0.15) is 4.98 Å². The van der Waals surface area contributed by atoms with E-state index in [9.17, 15) is 13.6 Å². The molecule has 0 fully saturated rings. The van der Waals surface area contributed by atoms with Gasteiger partial charge in [-0.1, -0.05) is 5.16 Å². The zero-order valence-corrected chi connectivity index (χ0v) is 15.2. The number of amides is 1. The molecule has 142 valence electrons. The van der Waals surface area contributed by atoms with Crippen LogP contribution in [0, 0.1) is 18.6 Å². The van der Waals surface area contributed by atoms with Gasteiger partial charge in [0.05, 0.1) is 10.2 Å². The van der Waals surface area contributed by atoms with E-state index in [2.05, 4.69) is 15.1 Å². The molecular formula is C18H12F2N4O3S. The van der Waals surface area contributed by atoms with Crippen molar-refractivity contribution < 1.29 is 22.8 Å². The lowest BCUT2D eigenvalue weighted by molar-refractivity contribution is 0.0991. The molecule has 10 heteroatoms. The second-order valence-electron chi connectivity index (χ2n) is 5.82. The molecule has 0 aliphatic rings. The van der Waals surface area contributed by atoms with Crippen molar-refractivity contribution in [1.82, 2.24) is 15.1 Å². The Morgan fingerprint density at radius 1 is 1.25 bits per heavy atom. The molecule has 0 saturated carbocycles. The number of rotatable bonds is 5. The molecule has 0 radical (unpaired) electrons. The summed E-state index contributed by atoms with van der Waals surface area (Å²) in [6.07, 6.45) is 0. The van der Waals surface area contributed by atoms with Crippen LogP contribution in [0.5, 0.6) is 5.75 Å². The molecule has 4 rings (SSSR count). The third-order valence-corrected chi connectivity index (χ3v) is 4.87. The lowest BCUT2D eigenvalue weighted by Crippen LogP contribution is -2.16. The van der Waals surface area contributed by atoms with Gasteiger partial charge in [-0.15, -0.1) is 11.3 Å². The molecule has 2 aromatic heterocycles. The van der Waals surface area contributed by atoms with Gasteiger partial charge in [0.2, 0.25) is 0 Å². The molecule has 0 atom stereocenters. The highest BCUT2D eigenvalue weighted by Gasteiger charge is 2.19. The van der Waals surface area contributed by atoms with Gasteiger partial charge >= 0.3 is 0 Å². The van der Waals surface area contributed by atoms with E-state index in [-0.39, 0.29) is 12.4 Å². The minimum atomic E-state index is -1.20. The number of aromatic nitrogens is 3. The SMILES string of the molecule is Cc1noc(-c2ccc3sc(COc4ccc(F)c(C(N)=O)c4F)nc3c2)n1. The fraction of sp³-hybridized carbons (Fsp3) is 0.111. The van der Waals surface area contributed by atoms with E-state index in [0.717, 1.165) is 22.4 Å². The highest BCUT2D eigenvalue weighted by molar-refractivity contribution is 7.18. The van der Waals surface area contributed by atoms with Crippen molar-refractivity contribution in [3.63, 3.8) is 0 Å². The Hall–Kier alpha value is -3.40. The molecule has 0 aliphatic carbocycles. The lowest BCUT2D eigenvalue weighted by Gasteiger charge is -2.08. The molecule has 0 saturated heterocycles. The van der Waals surface area contributed by atoms with Crippen molar-refractivity contribution in [3.05, 3.63) is 58.4 Å². The monoisotopic (exact) mass is 402 g/mol. The zero-order chi connectivity index (χ0) is 19.8. The predicted molar refractivity (Wildman–Crippen MR) is 96.9 cm³/mol. The minimum Gasteiger partial charge on any atom is -0.483 e. The van der Waals surface area contributed by atoms with Crippen LogP contribution >= 0.6 is 11.3 Å². The van der Waals surface area contributed by atoms with Gasteiger partial charge in [0.1, 0.15) is 23.0 Å². The first-order valence-electron chi connectivity index (χ1n) is 8.03. The number of aryl methyl sites for hydroxylation is 1. The maximum Gasteiger partial charge on any atom is 0.257 e. The number of benzene rings is 2. The molecule has 0 aliphatic heterocycles. The number of thiazole rings is 1. The van der Waals surface area contributed by atoms with Gasteiger partial charge in [-0.05, 0) is 37.3 Å². The summed E-state index contributed by atoms with van der Waals surface area (Å²) < 4.78 is 39.2. The van der Waals surface area contributed by atoms with E-state index < -0.39 is 23.1 Å². The Kier molecular flexibility index (Phi) is 4.47. The van der Waals surface area contributed by atoms with Crippen LogP contribution in [0.3, 0.4) is 0 Å². The Morgan fingerprint density at radius 2 is 2.07 bits per heavy atom. The summed E-state index contributed by atoms with van der Waals surface area (Å²) in [5, 5.41) is 4.32. The van der Waals surface area contributed by atoms with Crippen molar-refractivity contribution in [2.45, 2.75) is 13.5 Å². The van der Waals surface area contributed by atoms with E-state index in [1.165, 1.54) is 11.3 Å². The van der Waals surface area contributed by atoms with Crippen LogP contribution < -0.4 is 10.5 Å². The Bertz CT molecular complexity index is 1200. The normalized spacial score (nSPS) is 11.1. The number of hydrogen-bond acceptors (Lipinski definition) is 7. The maximum absolute atomic E-state index is 14.2. The number of carbonyl (C=O) groups excluding carboxylic acids is 1. The van der Waals surface area contributed by atoms with Crippen molar-refractivity contribution in [2.24, 2.45) is 5.73 Å². The van der Waals surface area contributed by atoms with Crippen molar-refractivity contribution in [1.29, 1.82) is 0 Å². The molecule has 0 bridgehead atoms. The van der Waals surface area contributed by atoms with Gasteiger partial charge in [0, 0.05) is 5.56 Å². The summed E-state index contributed by atoms with van der Waals surface area (Å²) >= 11 is 1.35. The number of carbonyl (C=O) groups is 1. The molecule has 7 nitrogen and oxygen atoms in total. The number of halogens is 2. The second kappa shape index (κ2) is 6.97. The van der Waals surface area contributed by atoms with E-state index in [4.69, 9.17) is 15.0 Å². The van der Waals surface area contributed by atoms with Crippen LogP contribution in [-0.2, 0) is 6.61 Å². The van der Waals surface area contributed by atoms with E-state index >= 15 is 0 Å². The van der Waals surface area contributed by atoms with Crippen LogP contribution in [-0.4, -0.2) is 21.0 Å². The first-order chi connectivity index (χ1) is 13.4. The van der Waals surface area contributed by atoms with Gasteiger partial charge < -0.3 is 15.0 Å². The fourth-order valence-electron chi connectivity index (χ4n) is 2.59. The standard InChI is InChI=1S/C18H12F2N4O3S/c1-8-22-18(27-24-8)9-2-5-13-11(6-9)23-14(28-13)7-26-12-4-3-10(19)15(16(12)20)17(21)25/h2-6H,7H2,1H3,(H2,21,25). The van der Waals surface area contributed by atoms with Crippen molar-refractivity contribution in [3.8, 4) is 17.2 Å². The summed E-state index contributed by atoms with van der Waals surface area (Å²) in [4.78, 5) is 19.8. The fourth-order valence-corrected chi connectivity index (χ4v) is 3.46. The second-order valence-corrected chi connectivity index (χ2v) is 6.94. The minimum absolute atomic E-state index is 0.0604. The molecule has 2 N–H and O–H groups in total. The van der Waals surface area contributed by atoms with Crippen LogP contribution in [0.4, 0.5) is 8.78 Å². The summed E-state index contributed by atoms with van der Waals surface area (Å²) in [7, 11) is 0. The number of ether oxygens (including phenoxy) is 1. The van der Waals surface area contributed by atoms with Crippen molar-refractivity contribution >= 4 is 27.5 Å². The molecular weight excluding hydrogens is 390 g/mol. The summed E-state index contributed by atoms with van der Waals surface area (Å²) in [5.41, 5.74) is 5.58. The van der Waals surface area contributed by atoms with Gasteiger partial charge in [0.15, 0.2) is 17.4 Å². The third-order valence-electron chi connectivity index (χ3n) is 3.86. The third kappa shape index (κ3) is 3.29. The highest BCUT2D eigenvalue weighted by atomic mass is 32.1. The number of fused-ring (bicyclic) bond motifs is 1. The Morgan fingerprint density at radius 3 is 2.79 bits per heavy atom. The summed E-state index contributed by atoms with van der Waals surface area (Å²) in [6, 6.07) is 7.51. The van der Waals surface area contributed by atoms with Gasteiger partial charge in [-0.25, -0.2) is 13.8 Å². The molecule has 2 heterocycles. The number of hydrogen-bond donors (Lipinski definition) is 1. The average molecular weight is 402 g/mol. The molecule has 2 aromatic carbocycles. The van der Waals surface area contributed by atoms with Crippen molar-refractivity contribution in [2.75, 3.05) is 0 Å². The Labute approximate surface area is 160 Å². The Balaban J connectivity index is 1.57. The smallest absolute Gasteiger partial charge is 0.257 e. The molecule has 1 amide bonds. The predicted octanol–water partition coefficient (Wildman–Crippen LogP) is 3.61. The number of primary amides is 1. The van der Waals surface area contributed by atoms with Gasteiger partial charge in [0.25, 0.3) is 11.8 Å². The van der Waals surface area contributed by atoms with Crippen LogP contribution in [0.15, 0.2) is 34.9 Å². The maximum atomic E-state index is 14.2. The molecule has 0 unspecified atom stereocenters. The van der Waals surface area contributed by atoms with Crippen LogP contribution in [0.25, 0.3) is 21.7 Å². The largest absolute Gasteiger partial charge is 0.483 e. The highest BCUT2D eigenvalue weighted by Crippen LogP contribution is 2.29. The van der Waals surface area contributed by atoms with E-state index in [0.29, 0.717) is 22.2 Å². The molecule has 4 aromatic rings. The average Bonchev–Trinajstić information content (AvgIpc) is 3.25. The molecule has 0 spiro atoms. The summed E-state index contributed by atoms with van der Waals surface area (Å²) in [6.45, 7) is 1.66. The summed E-state index contributed by atoms with van der Waals surface area (Å²) in [5.74, 6) is -2.75.